The third-order valence-electron chi connectivity index (χ3n) is 6.17. The molecule has 1 atom stereocenters. The van der Waals surface area contributed by atoms with E-state index in [1.54, 1.807) is 19.9 Å². The van der Waals surface area contributed by atoms with E-state index in [1.165, 1.54) is 0 Å². The largest absolute Gasteiger partial charge is 0.461 e. The molecular weight excluding hydrogens is 464 g/mol. The molecule has 0 fully saturated rings. The fourth-order valence-electron chi connectivity index (χ4n) is 4.47. The topological polar surface area (TPSA) is 88.4 Å². The summed E-state index contributed by atoms with van der Waals surface area (Å²) in [5.41, 5.74) is 3.66. The van der Waals surface area contributed by atoms with Gasteiger partial charge in [0.15, 0.2) is 0 Å². The number of carbonyl (C=O) groups excluding carboxylic acids is 2. The van der Waals surface area contributed by atoms with E-state index in [2.05, 4.69) is 5.32 Å². The third-order valence-corrected chi connectivity index (χ3v) is 6.17. The van der Waals surface area contributed by atoms with Gasteiger partial charge in [0, 0.05) is 11.4 Å². The van der Waals surface area contributed by atoms with E-state index in [0.29, 0.717) is 22.5 Å². The summed E-state index contributed by atoms with van der Waals surface area (Å²) >= 11 is 0. The highest BCUT2D eigenvalue weighted by atomic mass is 16.5. The van der Waals surface area contributed by atoms with Crippen LogP contribution >= 0.6 is 0 Å². The van der Waals surface area contributed by atoms with Crippen molar-refractivity contribution >= 4 is 28.8 Å². The number of carbonyl (C=O) groups is 2. The zero-order chi connectivity index (χ0) is 26.2. The first kappa shape index (κ1) is 25.5. The highest BCUT2D eigenvalue weighted by Crippen LogP contribution is 2.40. The Kier molecular flexibility index (Phi) is 8.17. The molecule has 0 saturated carbocycles. The lowest BCUT2D eigenvalue weighted by Crippen LogP contribution is -2.32. The molecule has 0 radical (unpaired) electrons. The van der Waals surface area contributed by atoms with E-state index >= 15 is 0 Å². The van der Waals surface area contributed by atoms with Gasteiger partial charge in [-0.25, -0.2) is 9.59 Å². The number of rotatable bonds is 8. The first-order valence-electron chi connectivity index (χ1n) is 12.1. The summed E-state index contributed by atoms with van der Waals surface area (Å²) in [6.45, 7) is 3.64. The maximum absolute atomic E-state index is 13.4. The third kappa shape index (κ3) is 5.96. The number of dihydropyridines is 1. The van der Waals surface area contributed by atoms with Gasteiger partial charge in [-0.2, -0.15) is 5.26 Å². The lowest BCUT2D eigenvalue weighted by atomic mass is 9.80. The Morgan fingerprint density at radius 2 is 1.54 bits per heavy atom. The normalized spacial score (nSPS) is 15.4. The molecule has 186 valence electrons. The maximum atomic E-state index is 13.4. The molecule has 1 N–H and O–H groups in total. The molecular formula is C31H28N2O4. The van der Waals surface area contributed by atoms with Crippen LogP contribution in [0.3, 0.4) is 0 Å². The van der Waals surface area contributed by atoms with Crippen molar-refractivity contribution in [3.63, 3.8) is 0 Å². The molecule has 0 aliphatic carbocycles. The minimum Gasteiger partial charge on any atom is -0.461 e. The van der Waals surface area contributed by atoms with Gasteiger partial charge in [0.1, 0.15) is 13.2 Å². The summed E-state index contributed by atoms with van der Waals surface area (Å²) in [6, 6.07) is 25.5. The van der Waals surface area contributed by atoms with E-state index < -0.39 is 17.9 Å². The van der Waals surface area contributed by atoms with Crippen LogP contribution in [0.15, 0.2) is 101 Å². The molecule has 6 nitrogen and oxygen atoms in total. The molecule has 1 unspecified atom stereocenters. The van der Waals surface area contributed by atoms with Crippen LogP contribution in [0.2, 0.25) is 0 Å². The summed E-state index contributed by atoms with van der Waals surface area (Å²) in [6.07, 6.45) is 3.75. The number of nitriles is 1. The molecule has 0 bridgehead atoms. The predicted molar refractivity (Wildman–Crippen MR) is 143 cm³/mol. The van der Waals surface area contributed by atoms with Crippen molar-refractivity contribution in [3.8, 4) is 6.07 Å². The van der Waals surface area contributed by atoms with Crippen LogP contribution in [0, 0.1) is 11.3 Å². The number of nitrogens with one attached hydrogen (secondary N) is 1. The zero-order valence-corrected chi connectivity index (χ0v) is 20.9. The maximum Gasteiger partial charge on any atom is 0.337 e. The molecule has 1 aliphatic heterocycles. The Balaban J connectivity index is 1.67. The van der Waals surface area contributed by atoms with Crippen LogP contribution in [-0.2, 0) is 19.1 Å². The van der Waals surface area contributed by atoms with Gasteiger partial charge < -0.3 is 14.8 Å². The second kappa shape index (κ2) is 11.9. The van der Waals surface area contributed by atoms with Crippen molar-refractivity contribution in [2.75, 3.05) is 13.2 Å². The second-order valence-corrected chi connectivity index (χ2v) is 8.70. The van der Waals surface area contributed by atoms with Gasteiger partial charge in [-0.05, 0) is 41.8 Å². The molecule has 0 amide bonds. The fourth-order valence-corrected chi connectivity index (χ4v) is 4.47. The highest BCUT2D eigenvalue weighted by Gasteiger charge is 2.38. The molecule has 1 aliphatic rings. The number of benzene rings is 3. The monoisotopic (exact) mass is 492 g/mol. The number of fused-ring (bicyclic) bond motifs is 1. The average molecular weight is 493 g/mol. The van der Waals surface area contributed by atoms with Crippen molar-refractivity contribution in [1.29, 1.82) is 5.26 Å². The lowest BCUT2D eigenvalue weighted by Gasteiger charge is -2.30. The number of allylic oxidation sites excluding steroid dienone is 2. The Labute approximate surface area is 216 Å². The Morgan fingerprint density at radius 3 is 2.24 bits per heavy atom. The molecule has 4 rings (SSSR count). The van der Waals surface area contributed by atoms with Gasteiger partial charge >= 0.3 is 11.9 Å². The first-order valence-corrected chi connectivity index (χ1v) is 12.1. The molecule has 0 saturated heterocycles. The van der Waals surface area contributed by atoms with E-state index in [0.717, 1.165) is 21.9 Å². The van der Waals surface area contributed by atoms with Gasteiger partial charge in [0.05, 0.1) is 29.6 Å². The first-order chi connectivity index (χ1) is 18.0. The van der Waals surface area contributed by atoms with Crippen molar-refractivity contribution < 1.29 is 19.1 Å². The predicted octanol–water partition coefficient (Wildman–Crippen LogP) is 5.79. The lowest BCUT2D eigenvalue weighted by molar-refractivity contribution is -0.139. The van der Waals surface area contributed by atoms with Crippen LogP contribution in [0.4, 0.5) is 0 Å². The van der Waals surface area contributed by atoms with Crippen molar-refractivity contribution in [1.82, 2.24) is 5.32 Å². The highest BCUT2D eigenvalue weighted by molar-refractivity contribution is 6.00. The SMILES string of the molecule is CC1=C(C(=O)OCC=Cc2ccccc2)C(c2ccc3ccccc3c2)C(C(=O)OCCC#N)=C(C)N1. The van der Waals surface area contributed by atoms with Crippen molar-refractivity contribution in [3.05, 3.63) is 113 Å². The standard InChI is InChI=1S/C31H28N2O4/c1-21-27(30(34)36-18-8-12-23-10-4-3-5-11-23)29(26-16-15-24-13-6-7-14-25(24)20-26)28(22(2)33-21)31(35)37-19-9-17-32/h3-8,10-16,20,29,33H,9,18-19H2,1-2H3. The Morgan fingerprint density at radius 1 is 0.892 bits per heavy atom. The molecule has 0 aromatic heterocycles. The summed E-state index contributed by atoms with van der Waals surface area (Å²) in [5.74, 6) is -1.78. The number of hydrogen-bond donors (Lipinski definition) is 1. The van der Waals surface area contributed by atoms with Crippen LogP contribution in [-0.4, -0.2) is 25.2 Å². The van der Waals surface area contributed by atoms with Gasteiger partial charge in [-0.3, -0.25) is 0 Å². The van der Waals surface area contributed by atoms with Crippen LogP contribution in [0.25, 0.3) is 16.8 Å². The summed E-state index contributed by atoms with van der Waals surface area (Å²) in [5, 5.41) is 14.1. The minimum atomic E-state index is -0.689. The van der Waals surface area contributed by atoms with Gasteiger partial charge in [0.2, 0.25) is 0 Å². The van der Waals surface area contributed by atoms with E-state index in [9.17, 15) is 9.59 Å². The number of nitrogens with zero attached hydrogens (tertiary/aromatic N) is 1. The molecule has 3 aromatic rings. The molecule has 37 heavy (non-hydrogen) atoms. The van der Waals surface area contributed by atoms with Crippen molar-refractivity contribution in [2.24, 2.45) is 0 Å². The number of ether oxygens (including phenoxy) is 2. The van der Waals surface area contributed by atoms with Crippen LogP contribution in [0.5, 0.6) is 0 Å². The van der Waals surface area contributed by atoms with Gasteiger partial charge in [0.25, 0.3) is 0 Å². The van der Waals surface area contributed by atoms with E-state index in [-0.39, 0.29) is 19.6 Å². The zero-order valence-electron chi connectivity index (χ0n) is 20.9. The average Bonchev–Trinajstić information content (AvgIpc) is 2.91. The van der Waals surface area contributed by atoms with Gasteiger partial charge in [-0.15, -0.1) is 0 Å². The summed E-state index contributed by atoms with van der Waals surface area (Å²) < 4.78 is 11.0. The minimum absolute atomic E-state index is 0.0245. The van der Waals surface area contributed by atoms with E-state index in [1.807, 2.05) is 84.9 Å². The Hall–Kier alpha value is -4.63. The molecule has 3 aromatic carbocycles. The smallest absolute Gasteiger partial charge is 0.337 e. The summed E-state index contributed by atoms with van der Waals surface area (Å²) in [4.78, 5) is 26.6. The Bertz CT molecular complexity index is 1440. The van der Waals surface area contributed by atoms with Gasteiger partial charge in [-0.1, -0.05) is 78.9 Å². The molecule has 0 spiro atoms. The molecule has 6 heteroatoms. The van der Waals surface area contributed by atoms with Crippen LogP contribution < -0.4 is 5.32 Å². The molecule has 1 heterocycles. The quantitative estimate of drug-likeness (QED) is 0.316. The fraction of sp³-hybridized carbons (Fsp3) is 0.194. The number of esters is 2. The second-order valence-electron chi connectivity index (χ2n) is 8.70. The van der Waals surface area contributed by atoms with Crippen molar-refractivity contribution in [2.45, 2.75) is 26.2 Å². The summed E-state index contributed by atoms with van der Waals surface area (Å²) in [7, 11) is 0. The van der Waals surface area contributed by atoms with Crippen LogP contribution in [0.1, 0.15) is 37.3 Å². The number of hydrogen-bond acceptors (Lipinski definition) is 6. The van der Waals surface area contributed by atoms with E-state index in [4.69, 9.17) is 14.7 Å².